The van der Waals surface area contributed by atoms with Crippen LogP contribution in [0.2, 0.25) is 0 Å². The molecule has 16 aromatic carbocycles. The Morgan fingerprint density at radius 2 is 0.491 bits per heavy atom. The molecule has 532 valence electrons. The third kappa shape index (κ3) is 12.8. The molecule has 0 radical (unpaired) electrons. The molecule has 10 nitrogen and oxygen atoms in total. The number of nitrogens with zero attached hydrogens (tertiary/aromatic N) is 10. The summed E-state index contributed by atoms with van der Waals surface area (Å²) in [6, 6.07) is 132. The van der Waals surface area contributed by atoms with Crippen LogP contribution in [-0.2, 0) is 0 Å². The van der Waals surface area contributed by atoms with Gasteiger partial charge in [0.2, 0.25) is 0 Å². The lowest BCUT2D eigenvalue weighted by atomic mass is 9.94. The predicted octanol–water partition coefficient (Wildman–Crippen LogP) is 26.7. The van der Waals surface area contributed by atoms with Crippen molar-refractivity contribution >= 4 is 110 Å². The van der Waals surface area contributed by atoms with Gasteiger partial charge in [-0.1, -0.05) is 297 Å². The maximum atomic E-state index is 5.28. The van der Waals surface area contributed by atoms with Crippen LogP contribution in [0.25, 0.3) is 222 Å². The van der Waals surface area contributed by atoms with Crippen molar-refractivity contribution < 1.29 is 0 Å². The van der Waals surface area contributed by atoms with E-state index in [0.717, 1.165) is 194 Å². The van der Waals surface area contributed by atoms with E-state index in [-0.39, 0.29) is 0 Å². The summed E-state index contributed by atoms with van der Waals surface area (Å²) in [5, 5.41) is 11.2. The molecule has 22 aromatic rings. The zero-order valence-corrected chi connectivity index (χ0v) is 62.7. The highest BCUT2D eigenvalue weighted by Crippen LogP contribution is 2.43. The SMILES string of the molecule is c1ccc(-c2cc(-c3ccccc3)cc(-c3cc(-c4ccc(-c5ccc6c(c5)nc(-c5ccccc5)c5ccc7nsnc7c56)cc4)nc(-c4ccccc4)n3)c2)cc1.c1ccc(-c2nc3cc(-c4ccc(-c5cc(-c6ccc7ccccc7c6)nc(-c6ccc7ccccc7c6)n5)cc4)ccc3c3c2ccc2nsnc23)cc1. The average Bonchev–Trinajstić information content (AvgIpc) is 1.21. The van der Waals surface area contributed by atoms with E-state index < -0.39 is 0 Å². The Hall–Kier alpha value is -14.8. The number of hydrogen-bond acceptors (Lipinski definition) is 12. The molecule has 22 rings (SSSR count). The van der Waals surface area contributed by atoms with Crippen LogP contribution in [0.5, 0.6) is 0 Å². The van der Waals surface area contributed by atoms with Crippen LogP contribution in [0.3, 0.4) is 0 Å². The molecule has 12 heteroatoms. The highest BCUT2D eigenvalue weighted by molar-refractivity contribution is 7.00. The summed E-state index contributed by atoms with van der Waals surface area (Å²) < 4.78 is 18.6. The molecule has 114 heavy (non-hydrogen) atoms. The largest absolute Gasteiger partial charge is 0.247 e. The Morgan fingerprint density at radius 3 is 0.947 bits per heavy atom. The van der Waals surface area contributed by atoms with Gasteiger partial charge in [0.1, 0.15) is 22.1 Å². The topological polar surface area (TPSA) is 129 Å². The minimum Gasteiger partial charge on any atom is -0.247 e. The van der Waals surface area contributed by atoms with Crippen LogP contribution in [0, 0.1) is 0 Å². The van der Waals surface area contributed by atoms with Crippen LogP contribution in [0.1, 0.15) is 0 Å². The zero-order chi connectivity index (χ0) is 75.4. The van der Waals surface area contributed by atoms with Gasteiger partial charge in [-0.2, -0.15) is 17.5 Å². The van der Waals surface area contributed by atoms with Gasteiger partial charge in [-0.3, -0.25) is 0 Å². The highest BCUT2D eigenvalue weighted by atomic mass is 32.1. The summed E-state index contributed by atoms with van der Waals surface area (Å²) in [7, 11) is 0. The second-order valence-corrected chi connectivity index (χ2v) is 29.5. The number of rotatable bonds is 12. The molecule has 0 fully saturated rings. The normalized spacial score (nSPS) is 11.5. The quantitative estimate of drug-likeness (QED) is 0.109. The highest BCUT2D eigenvalue weighted by Gasteiger charge is 2.21. The third-order valence-corrected chi connectivity index (χ3v) is 22.6. The van der Waals surface area contributed by atoms with Crippen LogP contribution in [-0.4, -0.2) is 47.4 Å². The van der Waals surface area contributed by atoms with E-state index in [0.29, 0.717) is 11.6 Å². The molecule has 0 saturated carbocycles. The minimum atomic E-state index is 0.681. The predicted molar refractivity (Wildman–Crippen MR) is 472 cm³/mol. The van der Waals surface area contributed by atoms with E-state index in [2.05, 4.69) is 342 Å². The molecule has 0 aliphatic carbocycles. The van der Waals surface area contributed by atoms with E-state index in [1.165, 1.54) is 39.6 Å². The van der Waals surface area contributed by atoms with Gasteiger partial charge >= 0.3 is 0 Å². The van der Waals surface area contributed by atoms with Gasteiger partial charge in [-0.15, -0.1) is 0 Å². The second kappa shape index (κ2) is 28.9. The first kappa shape index (κ1) is 67.3. The molecule has 0 bridgehead atoms. The minimum absolute atomic E-state index is 0.681. The molecule has 0 saturated heterocycles. The van der Waals surface area contributed by atoms with Gasteiger partial charge in [0.15, 0.2) is 11.6 Å². The van der Waals surface area contributed by atoms with Crippen LogP contribution < -0.4 is 0 Å². The molecule has 0 aliphatic rings. The van der Waals surface area contributed by atoms with Gasteiger partial charge in [-0.25, -0.2) is 29.9 Å². The van der Waals surface area contributed by atoms with Gasteiger partial charge in [0.05, 0.1) is 68.7 Å². The van der Waals surface area contributed by atoms with Crippen molar-refractivity contribution in [2.75, 3.05) is 0 Å². The van der Waals surface area contributed by atoms with Gasteiger partial charge < -0.3 is 0 Å². The molecular weight excluding hydrogens is 1430 g/mol. The lowest BCUT2D eigenvalue weighted by Crippen LogP contribution is -1.96. The van der Waals surface area contributed by atoms with E-state index in [9.17, 15) is 0 Å². The first-order valence-corrected chi connectivity index (χ1v) is 39.3. The smallest absolute Gasteiger partial charge is 0.160 e. The fourth-order valence-electron chi connectivity index (χ4n) is 15.7. The van der Waals surface area contributed by atoms with Crippen molar-refractivity contribution in [1.82, 2.24) is 47.4 Å². The maximum absolute atomic E-state index is 5.28. The summed E-state index contributed by atoms with van der Waals surface area (Å²) in [6.07, 6.45) is 0. The molecule has 0 aliphatic heterocycles. The summed E-state index contributed by atoms with van der Waals surface area (Å²) in [6.45, 7) is 0. The van der Waals surface area contributed by atoms with Crippen molar-refractivity contribution in [3.05, 3.63) is 376 Å². The lowest BCUT2D eigenvalue weighted by Gasteiger charge is -2.14. The Bertz CT molecular complexity index is 7300. The average molecular weight is 1490 g/mol. The van der Waals surface area contributed by atoms with Crippen molar-refractivity contribution in [2.45, 2.75) is 0 Å². The fraction of sp³-hybridized carbons (Fsp3) is 0. The zero-order valence-electron chi connectivity index (χ0n) is 61.1. The molecule has 6 aromatic heterocycles. The van der Waals surface area contributed by atoms with Crippen LogP contribution in [0.15, 0.2) is 376 Å². The summed E-state index contributed by atoms with van der Waals surface area (Å²) in [4.78, 5) is 31.2. The summed E-state index contributed by atoms with van der Waals surface area (Å²) >= 11 is 2.49. The molecule has 6 heterocycles. The van der Waals surface area contributed by atoms with Crippen molar-refractivity contribution in [3.8, 4) is 135 Å². The lowest BCUT2D eigenvalue weighted by molar-refractivity contribution is 1.18. The standard InChI is InChI=1S/C53H33N5S.C49H29N5S/c1-5-13-34(14-6-1)41-29-42(35-15-7-2-8-16-35)31-43(30-41)48-33-47(55-53(56-48)39-19-11-4-12-20-39)37-23-21-36(22-24-37)40-25-26-44-49(32-40)54-51(38-17-9-3-10-18-38)45-27-28-46-52(50(44)45)58-59-57-46;1-2-10-34(11-3-1)47-41-24-25-42-48(54-55-53-42)46(41)40-23-22-37(28-45(40)50-47)32-14-18-33(19-15-32)43-29-44(38-20-16-30-8-4-6-12-35(30)26-38)52-49(51-43)39-21-17-31-9-5-7-13-36(31)27-39/h1-33H;1-29H. The van der Waals surface area contributed by atoms with E-state index in [1.54, 1.807) is 0 Å². The second-order valence-electron chi connectivity index (χ2n) is 28.5. The fourth-order valence-corrected chi connectivity index (χ4v) is 16.8. The summed E-state index contributed by atoms with van der Waals surface area (Å²) in [5.41, 5.74) is 27.9. The number of aromatic nitrogens is 10. The van der Waals surface area contributed by atoms with Gasteiger partial charge in [0, 0.05) is 76.8 Å². The Labute approximate surface area is 664 Å². The van der Waals surface area contributed by atoms with Crippen molar-refractivity contribution in [1.29, 1.82) is 0 Å². The maximum Gasteiger partial charge on any atom is 0.160 e. The van der Waals surface area contributed by atoms with Gasteiger partial charge in [-0.05, 0) is 145 Å². The van der Waals surface area contributed by atoms with Crippen LogP contribution >= 0.6 is 23.5 Å². The van der Waals surface area contributed by atoms with Crippen molar-refractivity contribution in [2.24, 2.45) is 0 Å². The van der Waals surface area contributed by atoms with E-state index in [4.69, 9.17) is 38.7 Å². The Balaban J connectivity index is 0.000000144. The Morgan fingerprint density at radius 1 is 0.167 bits per heavy atom. The third-order valence-electron chi connectivity index (χ3n) is 21.5. The summed E-state index contributed by atoms with van der Waals surface area (Å²) in [5.74, 6) is 1.38. The molecular formula is C102H62N10S2. The number of pyridine rings is 2. The number of hydrogen-bond donors (Lipinski definition) is 0. The van der Waals surface area contributed by atoms with E-state index >= 15 is 0 Å². The molecule has 0 unspecified atom stereocenters. The first-order valence-electron chi connectivity index (χ1n) is 37.8. The van der Waals surface area contributed by atoms with Gasteiger partial charge in [0.25, 0.3) is 0 Å². The number of fused-ring (bicyclic) bond motifs is 12. The first-order chi connectivity index (χ1) is 56.4. The molecule has 0 spiro atoms. The molecule has 0 N–H and O–H groups in total. The molecule has 0 amide bonds. The van der Waals surface area contributed by atoms with Crippen LogP contribution in [0.4, 0.5) is 0 Å². The van der Waals surface area contributed by atoms with E-state index in [1.807, 2.05) is 42.5 Å². The molecule has 0 atom stereocenters. The Kier molecular flexibility index (Phi) is 17.1. The number of benzene rings is 16. The van der Waals surface area contributed by atoms with Crippen molar-refractivity contribution in [3.63, 3.8) is 0 Å². The monoisotopic (exact) mass is 1490 g/mol.